The quantitative estimate of drug-likeness (QED) is 0.607. The lowest BCUT2D eigenvalue weighted by Gasteiger charge is -2.10. The Kier molecular flexibility index (Phi) is 5.82. The molecule has 0 N–H and O–H groups in total. The molecule has 0 aliphatic heterocycles. The summed E-state index contributed by atoms with van der Waals surface area (Å²) >= 11 is 6.08. The van der Waals surface area contributed by atoms with Crippen molar-refractivity contribution in [2.75, 3.05) is 27.4 Å². The van der Waals surface area contributed by atoms with E-state index in [1.165, 1.54) is 0 Å². The van der Waals surface area contributed by atoms with Gasteiger partial charge < -0.3 is 4.74 Å². The summed E-state index contributed by atoms with van der Waals surface area (Å²) in [5, 5.41) is 0.489. The van der Waals surface area contributed by atoms with E-state index in [4.69, 9.17) is 16.3 Å². The third-order valence-corrected chi connectivity index (χ3v) is 2.44. The molecule has 0 atom stereocenters. The third kappa shape index (κ3) is 4.13. The Hall–Kier alpha value is -1.39. The first-order valence-corrected chi connectivity index (χ1v) is 6.05. The number of hydrogen-bond acceptors (Lipinski definition) is 4. The lowest BCUT2D eigenvalue weighted by molar-refractivity contribution is -0.134. The Bertz CT molecular complexity index is 444. The molecular weight excluding hydrogens is 252 g/mol. The lowest BCUT2D eigenvalue weighted by atomic mass is 10.1. The third-order valence-electron chi connectivity index (χ3n) is 2.11. The minimum Gasteiger partial charge on any atom is -0.461 e. The molecule has 0 fully saturated rings. The van der Waals surface area contributed by atoms with E-state index in [9.17, 15) is 4.79 Å². The van der Waals surface area contributed by atoms with E-state index in [0.717, 1.165) is 0 Å². The minimum absolute atomic E-state index is 0.260. The van der Waals surface area contributed by atoms with Crippen molar-refractivity contribution in [3.8, 4) is 0 Å². The normalized spacial score (nSPS) is 11.7. The van der Waals surface area contributed by atoms with Gasteiger partial charge in [-0.25, -0.2) is 4.79 Å². The van der Waals surface area contributed by atoms with E-state index < -0.39 is 5.97 Å². The lowest BCUT2D eigenvalue weighted by Crippen LogP contribution is -2.22. The summed E-state index contributed by atoms with van der Waals surface area (Å²) < 4.78 is 5.00. The van der Waals surface area contributed by atoms with Crippen LogP contribution in [0.15, 0.2) is 29.3 Å². The Morgan fingerprint density at radius 1 is 1.39 bits per heavy atom. The molecule has 0 aliphatic rings. The standard InChI is InChI=1S/C13H17ClN2O2/c1-4-18-13(17)12(15-9-16(2)3)10-7-5-6-8-11(10)14/h5-8H,4,9H2,1-3H3. The average molecular weight is 269 g/mol. The van der Waals surface area contributed by atoms with Crippen LogP contribution in [0.2, 0.25) is 5.02 Å². The Morgan fingerprint density at radius 3 is 2.61 bits per heavy atom. The van der Waals surface area contributed by atoms with E-state index in [0.29, 0.717) is 23.9 Å². The van der Waals surface area contributed by atoms with E-state index in [-0.39, 0.29) is 5.71 Å². The topological polar surface area (TPSA) is 41.9 Å². The molecule has 0 saturated heterocycles. The van der Waals surface area contributed by atoms with Crippen molar-refractivity contribution in [1.82, 2.24) is 4.90 Å². The zero-order chi connectivity index (χ0) is 13.5. The molecule has 1 rings (SSSR count). The summed E-state index contributed by atoms with van der Waals surface area (Å²) in [7, 11) is 3.75. The van der Waals surface area contributed by atoms with Gasteiger partial charge in [0.1, 0.15) is 0 Å². The number of halogens is 1. The highest BCUT2D eigenvalue weighted by Crippen LogP contribution is 2.16. The molecule has 5 heteroatoms. The summed E-state index contributed by atoms with van der Waals surface area (Å²) in [5.41, 5.74) is 0.857. The first-order chi connectivity index (χ1) is 8.56. The van der Waals surface area contributed by atoms with Gasteiger partial charge in [-0.15, -0.1) is 0 Å². The highest BCUT2D eigenvalue weighted by Gasteiger charge is 2.17. The molecule has 0 heterocycles. The van der Waals surface area contributed by atoms with Gasteiger partial charge in [0.2, 0.25) is 0 Å². The molecule has 98 valence electrons. The molecule has 0 saturated carbocycles. The second kappa shape index (κ2) is 7.13. The van der Waals surface area contributed by atoms with Crippen LogP contribution in [0.25, 0.3) is 0 Å². The molecule has 0 amide bonds. The van der Waals surface area contributed by atoms with Crippen LogP contribution in [0, 0.1) is 0 Å². The average Bonchev–Trinajstić information content (AvgIpc) is 2.31. The molecular formula is C13H17ClN2O2. The van der Waals surface area contributed by atoms with Crippen LogP contribution in [0.4, 0.5) is 0 Å². The number of esters is 1. The van der Waals surface area contributed by atoms with Gasteiger partial charge in [0.05, 0.1) is 18.3 Å². The molecule has 4 nitrogen and oxygen atoms in total. The van der Waals surface area contributed by atoms with E-state index in [1.807, 2.05) is 25.1 Å². The highest BCUT2D eigenvalue weighted by atomic mass is 35.5. The summed E-state index contributed by atoms with van der Waals surface area (Å²) in [6, 6.07) is 7.10. The van der Waals surface area contributed by atoms with Gasteiger partial charge >= 0.3 is 5.97 Å². The van der Waals surface area contributed by atoms with Crippen LogP contribution >= 0.6 is 11.6 Å². The van der Waals surface area contributed by atoms with Crippen molar-refractivity contribution in [2.24, 2.45) is 4.99 Å². The minimum atomic E-state index is -0.451. The monoisotopic (exact) mass is 268 g/mol. The van der Waals surface area contributed by atoms with Gasteiger partial charge in [-0.05, 0) is 27.1 Å². The Labute approximate surface area is 112 Å². The van der Waals surface area contributed by atoms with Gasteiger partial charge in [0.15, 0.2) is 5.71 Å². The molecule has 0 aromatic heterocycles. The van der Waals surface area contributed by atoms with Crippen molar-refractivity contribution in [2.45, 2.75) is 6.92 Å². The maximum atomic E-state index is 11.9. The molecule has 1 aromatic rings. The number of aliphatic imine (C=N–C) groups is 1. The second-order valence-electron chi connectivity index (χ2n) is 3.93. The summed E-state index contributed by atoms with van der Waals surface area (Å²) in [5.74, 6) is -0.451. The predicted molar refractivity (Wildman–Crippen MR) is 73.2 cm³/mol. The number of benzene rings is 1. The second-order valence-corrected chi connectivity index (χ2v) is 4.34. The van der Waals surface area contributed by atoms with Crippen LogP contribution < -0.4 is 0 Å². The maximum absolute atomic E-state index is 11.9. The fourth-order valence-corrected chi connectivity index (χ4v) is 1.55. The molecule has 18 heavy (non-hydrogen) atoms. The maximum Gasteiger partial charge on any atom is 0.357 e. The fraction of sp³-hybridized carbons (Fsp3) is 0.385. The molecule has 0 unspecified atom stereocenters. The Morgan fingerprint density at radius 2 is 2.06 bits per heavy atom. The summed E-state index contributed by atoms with van der Waals surface area (Å²) in [6.07, 6.45) is 0. The van der Waals surface area contributed by atoms with Crippen LogP contribution in [0.1, 0.15) is 12.5 Å². The van der Waals surface area contributed by atoms with Crippen LogP contribution in [0.3, 0.4) is 0 Å². The zero-order valence-electron chi connectivity index (χ0n) is 10.8. The number of carbonyl (C=O) groups is 1. The number of rotatable bonds is 5. The number of carbonyl (C=O) groups excluding carboxylic acids is 1. The fourth-order valence-electron chi connectivity index (χ4n) is 1.32. The molecule has 0 aliphatic carbocycles. The zero-order valence-corrected chi connectivity index (χ0v) is 11.6. The Balaban J connectivity index is 3.08. The van der Waals surface area contributed by atoms with Crippen LogP contribution in [-0.4, -0.2) is 44.0 Å². The van der Waals surface area contributed by atoms with Crippen molar-refractivity contribution >= 4 is 23.3 Å². The molecule has 0 radical (unpaired) electrons. The van der Waals surface area contributed by atoms with E-state index in [2.05, 4.69) is 4.99 Å². The molecule has 0 spiro atoms. The molecule has 1 aromatic carbocycles. The van der Waals surface area contributed by atoms with Crippen molar-refractivity contribution in [3.05, 3.63) is 34.9 Å². The smallest absolute Gasteiger partial charge is 0.357 e. The predicted octanol–water partition coefficient (Wildman–Crippen LogP) is 2.21. The van der Waals surface area contributed by atoms with Gasteiger partial charge in [0, 0.05) is 5.56 Å². The summed E-state index contributed by atoms with van der Waals surface area (Å²) in [6.45, 7) is 2.47. The van der Waals surface area contributed by atoms with Gasteiger partial charge in [-0.2, -0.15) is 0 Å². The summed E-state index contributed by atoms with van der Waals surface area (Å²) in [4.78, 5) is 18.0. The van der Waals surface area contributed by atoms with Crippen molar-refractivity contribution in [3.63, 3.8) is 0 Å². The molecule has 0 bridgehead atoms. The van der Waals surface area contributed by atoms with Gasteiger partial charge in [0.25, 0.3) is 0 Å². The highest BCUT2D eigenvalue weighted by molar-refractivity contribution is 6.47. The number of hydrogen-bond donors (Lipinski definition) is 0. The van der Waals surface area contributed by atoms with Crippen LogP contribution in [0.5, 0.6) is 0 Å². The SMILES string of the molecule is CCOC(=O)C(=NCN(C)C)c1ccccc1Cl. The van der Waals surface area contributed by atoms with Gasteiger partial charge in [-0.1, -0.05) is 29.8 Å². The van der Waals surface area contributed by atoms with Crippen molar-refractivity contribution < 1.29 is 9.53 Å². The van der Waals surface area contributed by atoms with Crippen LogP contribution in [-0.2, 0) is 9.53 Å². The number of ether oxygens (including phenoxy) is 1. The first kappa shape index (κ1) is 14.7. The van der Waals surface area contributed by atoms with Gasteiger partial charge in [-0.3, -0.25) is 9.89 Å². The van der Waals surface area contributed by atoms with Crippen molar-refractivity contribution in [1.29, 1.82) is 0 Å². The first-order valence-electron chi connectivity index (χ1n) is 5.67. The number of nitrogens with zero attached hydrogens (tertiary/aromatic N) is 2. The van der Waals surface area contributed by atoms with E-state index >= 15 is 0 Å². The largest absolute Gasteiger partial charge is 0.461 e. The van der Waals surface area contributed by atoms with E-state index in [1.54, 1.807) is 25.1 Å².